The minimum atomic E-state index is -5.29. The average molecular weight is 410 g/mol. The molecular formula is C16H9F7N2O3. The third kappa shape index (κ3) is 4.90. The van der Waals surface area contributed by atoms with Crippen LogP contribution in [0.15, 0.2) is 36.4 Å². The first kappa shape index (κ1) is 21.0. The summed E-state index contributed by atoms with van der Waals surface area (Å²) in [4.78, 5) is 22.7. The Hall–Kier alpha value is -3.31. The Morgan fingerprint density at radius 3 is 2.04 bits per heavy atom. The maximum absolute atomic E-state index is 13.8. The van der Waals surface area contributed by atoms with Gasteiger partial charge >= 0.3 is 18.4 Å². The highest BCUT2D eigenvalue weighted by Crippen LogP contribution is 2.37. The van der Waals surface area contributed by atoms with Gasteiger partial charge in [-0.1, -0.05) is 0 Å². The van der Waals surface area contributed by atoms with Crippen LogP contribution in [-0.4, -0.2) is 17.1 Å². The molecule has 0 bridgehead atoms. The van der Waals surface area contributed by atoms with Crippen LogP contribution in [0.3, 0.4) is 0 Å². The number of hydrogen-bond donors (Lipinski definition) is 3. The van der Waals surface area contributed by atoms with E-state index in [1.807, 2.05) is 5.32 Å². The van der Waals surface area contributed by atoms with Crippen LogP contribution in [0.4, 0.5) is 46.9 Å². The number of anilines is 2. The lowest BCUT2D eigenvalue weighted by Crippen LogP contribution is -2.21. The smallest absolute Gasteiger partial charge is 0.417 e. The lowest BCUT2D eigenvalue weighted by Gasteiger charge is -2.16. The molecule has 2 aromatic carbocycles. The van der Waals surface area contributed by atoms with Crippen LogP contribution < -0.4 is 10.6 Å². The molecule has 150 valence electrons. The van der Waals surface area contributed by atoms with E-state index in [1.165, 1.54) is 0 Å². The van der Waals surface area contributed by atoms with Gasteiger partial charge in [0.15, 0.2) is 0 Å². The number of carbonyl (C=O) groups is 2. The van der Waals surface area contributed by atoms with Gasteiger partial charge in [0.1, 0.15) is 5.82 Å². The highest BCUT2D eigenvalue weighted by Gasteiger charge is 2.39. The SMILES string of the molecule is O=C(O)Nc1ccc(F)c(NC(=O)c2ccc(C(F)(F)F)cc2C(F)(F)F)c1. The number of carbonyl (C=O) groups excluding carboxylic acids is 1. The number of hydrogen-bond acceptors (Lipinski definition) is 2. The van der Waals surface area contributed by atoms with Crippen LogP contribution in [0.1, 0.15) is 21.5 Å². The van der Waals surface area contributed by atoms with E-state index < -0.39 is 52.5 Å². The van der Waals surface area contributed by atoms with E-state index in [0.29, 0.717) is 6.07 Å². The maximum Gasteiger partial charge on any atom is 0.417 e. The van der Waals surface area contributed by atoms with Crippen molar-refractivity contribution in [2.24, 2.45) is 0 Å². The standard InChI is InChI=1S/C16H9F7N2O3/c17-11-4-2-8(24-14(27)28)6-12(11)25-13(26)9-3-1-7(15(18,19)20)5-10(9)16(21,22)23/h1-6,24H,(H,25,26)(H,27,28). The Morgan fingerprint density at radius 1 is 0.857 bits per heavy atom. The number of halogens is 7. The first-order chi connectivity index (χ1) is 12.8. The van der Waals surface area contributed by atoms with Crippen molar-refractivity contribution in [3.8, 4) is 0 Å². The zero-order chi connectivity index (χ0) is 21.3. The van der Waals surface area contributed by atoms with Crippen molar-refractivity contribution < 1.29 is 45.4 Å². The summed E-state index contributed by atoms with van der Waals surface area (Å²) in [6, 6.07) is 2.88. The van der Waals surface area contributed by atoms with E-state index in [9.17, 15) is 40.3 Å². The number of nitrogens with one attached hydrogen (secondary N) is 2. The highest BCUT2D eigenvalue weighted by molar-refractivity contribution is 6.06. The Bertz CT molecular complexity index is 923. The highest BCUT2D eigenvalue weighted by atomic mass is 19.4. The molecule has 2 rings (SSSR count). The second-order valence-electron chi connectivity index (χ2n) is 5.33. The molecule has 0 fully saturated rings. The molecule has 0 unspecified atom stereocenters. The predicted molar refractivity (Wildman–Crippen MR) is 82.4 cm³/mol. The van der Waals surface area contributed by atoms with Gasteiger partial charge in [0.2, 0.25) is 0 Å². The van der Waals surface area contributed by atoms with Crippen LogP contribution in [-0.2, 0) is 12.4 Å². The van der Waals surface area contributed by atoms with Crippen molar-refractivity contribution >= 4 is 23.4 Å². The quantitative estimate of drug-likeness (QED) is 0.609. The van der Waals surface area contributed by atoms with Crippen LogP contribution in [0, 0.1) is 5.82 Å². The van der Waals surface area contributed by atoms with E-state index in [1.54, 1.807) is 5.32 Å². The van der Waals surface area contributed by atoms with E-state index >= 15 is 0 Å². The Morgan fingerprint density at radius 2 is 1.50 bits per heavy atom. The molecule has 0 atom stereocenters. The summed E-state index contributed by atoms with van der Waals surface area (Å²) in [7, 11) is 0. The Kier molecular flexibility index (Phi) is 5.52. The number of carboxylic acid groups (broad SMARTS) is 1. The topological polar surface area (TPSA) is 78.4 Å². The minimum absolute atomic E-state index is 0.201. The first-order valence-electron chi connectivity index (χ1n) is 7.18. The first-order valence-corrected chi connectivity index (χ1v) is 7.18. The van der Waals surface area contributed by atoms with Gasteiger partial charge in [0.25, 0.3) is 5.91 Å². The fourth-order valence-electron chi connectivity index (χ4n) is 2.17. The third-order valence-corrected chi connectivity index (χ3v) is 3.36. The molecule has 28 heavy (non-hydrogen) atoms. The van der Waals surface area contributed by atoms with Crippen LogP contribution in [0.2, 0.25) is 0 Å². The average Bonchev–Trinajstić information content (AvgIpc) is 2.55. The lowest BCUT2D eigenvalue weighted by molar-refractivity contribution is -0.143. The van der Waals surface area contributed by atoms with E-state index in [0.717, 1.165) is 18.2 Å². The predicted octanol–water partition coefficient (Wildman–Crippen LogP) is 5.21. The van der Waals surface area contributed by atoms with Crippen molar-refractivity contribution in [1.29, 1.82) is 0 Å². The Labute approximate surface area is 151 Å². The molecule has 0 aliphatic heterocycles. The molecule has 0 spiro atoms. The third-order valence-electron chi connectivity index (χ3n) is 3.36. The maximum atomic E-state index is 13.8. The summed E-state index contributed by atoms with van der Waals surface area (Å²) >= 11 is 0. The summed E-state index contributed by atoms with van der Waals surface area (Å²) in [6.07, 6.45) is -11.9. The molecule has 5 nitrogen and oxygen atoms in total. The van der Waals surface area contributed by atoms with Crippen LogP contribution in [0.25, 0.3) is 0 Å². The van der Waals surface area contributed by atoms with Gasteiger partial charge < -0.3 is 10.4 Å². The van der Waals surface area contributed by atoms with E-state index in [4.69, 9.17) is 5.11 Å². The van der Waals surface area contributed by atoms with Crippen molar-refractivity contribution in [1.82, 2.24) is 0 Å². The Balaban J connectivity index is 2.43. The van der Waals surface area contributed by atoms with Gasteiger partial charge in [0.05, 0.1) is 22.4 Å². The molecule has 0 heterocycles. The molecular weight excluding hydrogens is 401 g/mol. The van der Waals surface area contributed by atoms with Gasteiger partial charge in [-0.15, -0.1) is 0 Å². The van der Waals surface area contributed by atoms with Crippen molar-refractivity contribution in [2.45, 2.75) is 12.4 Å². The molecule has 2 aromatic rings. The van der Waals surface area contributed by atoms with Gasteiger partial charge in [-0.2, -0.15) is 26.3 Å². The fourth-order valence-corrected chi connectivity index (χ4v) is 2.17. The summed E-state index contributed by atoms with van der Waals surface area (Å²) in [5.74, 6) is -2.64. The number of benzene rings is 2. The summed E-state index contributed by atoms with van der Waals surface area (Å²) in [5.41, 5.74) is -5.52. The summed E-state index contributed by atoms with van der Waals surface area (Å²) in [6.45, 7) is 0. The van der Waals surface area contributed by atoms with E-state index in [2.05, 4.69) is 0 Å². The van der Waals surface area contributed by atoms with Crippen molar-refractivity contribution in [3.63, 3.8) is 0 Å². The number of amides is 2. The number of alkyl halides is 6. The molecule has 0 aromatic heterocycles. The van der Waals surface area contributed by atoms with Gasteiger partial charge in [0, 0.05) is 5.69 Å². The second-order valence-corrected chi connectivity index (χ2v) is 5.33. The van der Waals surface area contributed by atoms with Gasteiger partial charge in [-0.05, 0) is 36.4 Å². The second kappa shape index (κ2) is 7.37. The molecule has 0 aliphatic rings. The molecule has 0 radical (unpaired) electrons. The van der Waals surface area contributed by atoms with E-state index in [-0.39, 0.29) is 17.8 Å². The lowest BCUT2D eigenvalue weighted by atomic mass is 10.0. The fraction of sp³-hybridized carbons (Fsp3) is 0.125. The van der Waals surface area contributed by atoms with Crippen LogP contribution >= 0.6 is 0 Å². The van der Waals surface area contributed by atoms with Crippen LogP contribution in [0.5, 0.6) is 0 Å². The zero-order valence-corrected chi connectivity index (χ0v) is 13.4. The zero-order valence-electron chi connectivity index (χ0n) is 13.4. The molecule has 2 amide bonds. The molecule has 0 saturated carbocycles. The van der Waals surface area contributed by atoms with Gasteiger partial charge in [-0.3, -0.25) is 10.1 Å². The monoisotopic (exact) mass is 410 g/mol. The minimum Gasteiger partial charge on any atom is -0.465 e. The summed E-state index contributed by atoms with van der Waals surface area (Å²) < 4.78 is 91.1. The normalized spacial score (nSPS) is 11.8. The van der Waals surface area contributed by atoms with Gasteiger partial charge in [-0.25, -0.2) is 9.18 Å². The molecule has 12 heteroatoms. The molecule has 0 saturated heterocycles. The summed E-state index contributed by atoms with van der Waals surface area (Å²) in [5, 5.41) is 12.2. The van der Waals surface area contributed by atoms with Crippen molar-refractivity contribution in [2.75, 3.05) is 10.6 Å². The molecule has 0 aliphatic carbocycles. The van der Waals surface area contributed by atoms with Crippen molar-refractivity contribution in [3.05, 3.63) is 58.9 Å². The largest absolute Gasteiger partial charge is 0.465 e. The molecule has 3 N–H and O–H groups in total. The number of rotatable bonds is 3.